The van der Waals surface area contributed by atoms with Gasteiger partial charge in [-0.1, -0.05) is 27.4 Å². The van der Waals surface area contributed by atoms with Crippen LogP contribution in [0.3, 0.4) is 0 Å². The first-order valence-electron chi connectivity index (χ1n) is 2.94. The minimum Gasteiger partial charge on any atom is -0.351 e. The van der Waals surface area contributed by atoms with E-state index < -0.39 is 0 Å². The summed E-state index contributed by atoms with van der Waals surface area (Å²) in [6, 6.07) is 0.363. The first-order chi connectivity index (χ1) is 3.48. The number of quaternary nitrogens is 1. The standard InChI is InChI=1S/C7H15N/c1-5-6(8)7(2,3)4/h5-6H,1,8H2,2-4H3/p+1. The highest BCUT2D eigenvalue weighted by atomic mass is 14.6. The normalized spacial score (nSPS) is 15.5. The second-order valence-corrected chi connectivity index (χ2v) is 3.21. The lowest BCUT2D eigenvalue weighted by Crippen LogP contribution is -2.65. The molecule has 0 bridgehead atoms. The van der Waals surface area contributed by atoms with Crippen LogP contribution in [0.5, 0.6) is 0 Å². The highest BCUT2D eigenvalue weighted by molar-refractivity contribution is 4.85. The third-order valence-corrected chi connectivity index (χ3v) is 1.40. The molecule has 0 saturated carbocycles. The first-order valence-corrected chi connectivity index (χ1v) is 2.94. The zero-order valence-corrected chi connectivity index (χ0v) is 6.07. The summed E-state index contributed by atoms with van der Waals surface area (Å²) in [6.07, 6.45) is 1.89. The van der Waals surface area contributed by atoms with Crippen molar-refractivity contribution in [3.63, 3.8) is 0 Å². The summed E-state index contributed by atoms with van der Waals surface area (Å²) >= 11 is 0. The summed E-state index contributed by atoms with van der Waals surface area (Å²) in [5.41, 5.74) is 4.19. The molecule has 0 aliphatic carbocycles. The van der Waals surface area contributed by atoms with Gasteiger partial charge in [0.15, 0.2) is 0 Å². The molecule has 48 valence electrons. The summed E-state index contributed by atoms with van der Waals surface area (Å²) in [4.78, 5) is 0. The molecule has 0 saturated heterocycles. The Hall–Kier alpha value is -0.300. The van der Waals surface area contributed by atoms with E-state index in [0.717, 1.165) is 0 Å². The largest absolute Gasteiger partial charge is 0.351 e. The van der Waals surface area contributed by atoms with Crippen LogP contribution in [-0.4, -0.2) is 6.04 Å². The van der Waals surface area contributed by atoms with Crippen molar-refractivity contribution in [3.05, 3.63) is 12.7 Å². The minimum absolute atomic E-state index is 0.280. The molecule has 0 radical (unpaired) electrons. The zero-order chi connectivity index (χ0) is 6.78. The average molecular weight is 114 g/mol. The van der Waals surface area contributed by atoms with Gasteiger partial charge in [0, 0.05) is 5.41 Å². The van der Waals surface area contributed by atoms with Gasteiger partial charge in [0.25, 0.3) is 0 Å². The van der Waals surface area contributed by atoms with Crippen LogP contribution in [0.1, 0.15) is 20.8 Å². The fourth-order valence-electron chi connectivity index (χ4n) is 0.354. The molecule has 3 N–H and O–H groups in total. The van der Waals surface area contributed by atoms with Gasteiger partial charge in [-0.3, -0.25) is 0 Å². The predicted molar refractivity (Wildman–Crippen MR) is 36.3 cm³/mol. The summed E-state index contributed by atoms with van der Waals surface area (Å²) in [5.74, 6) is 0. The second-order valence-electron chi connectivity index (χ2n) is 3.21. The van der Waals surface area contributed by atoms with Crippen LogP contribution < -0.4 is 5.73 Å². The Kier molecular flexibility index (Phi) is 2.23. The first kappa shape index (κ1) is 7.70. The zero-order valence-electron chi connectivity index (χ0n) is 6.07. The van der Waals surface area contributed by atoms with Crippen LogP contribution in [0, 0.1) is 5.41 Å². The Morgan fingerprint density at radius 1 is 1.50 bits per heavy atom. The SMILES string of the molecule is C=CC([NH3+])C(C)(C)C. The lowest BCUT2D eigenvalue weighted by Gasteiger charge is -2.19. The van der Waals surface area contributed by atoms with Crippen LogP contribution in [0.15, 0.2) is 12.7 Å². The maximum absolute atomic E-state index is 3.91. The van der Waals surface area contributed by atoms with E-state index in [0.29, 0.717) is 6.04 Å². The third-order valence-electron chi connectivity index (χ3n) is 1.40. The van der Waals surface area contributed by atoms with Gasteiger partial charge in [0.2, 0.25) is 0 Å². The Balaban J connectivity index is 3.80. The summed E-state index contributed by atoms with van der Waals surface area (Å²) in [5, 5.41) is 0. The minimum atomic E-state index is 0.280. The van der Waals surface area contributed by atoms with Gasteiger partial charge < -0.3 is 5.73 Å². The van der Waals surface area contributed by atoms with Crippen molar-refractivity contribution in [1.29, 1.82) is 0 Å². The molecule has 0 spiro atoms. The smallest absolute Gasteiger partial charge is 0.108 e. The molecule has 1 atom stereocenters. The van der Waals surface area contributed by atoms with E-state index in [1.807, 2.05) is 6.08 Å². The Bertz CT molecular complexity index is 78.9. The van der Waals surface area contributed by atoms with Gasteiger partial charge in [-0.15, -0.1) is 0 Å². The van der Waals surface area contributed by atoms with E-state index in [1.54, 1.807) is 0 Å². The maximum atomic E-state index is 3.91. The summed E-state index contributed by atoms with van der Waals surface area (Å²) < 4.78 is 0. The molecule has 0 aromatic heterocycles. The van der Waals surface area contributed by atoms with E-state index in [-0.39, 0.29) is 5.41 Å². The molecule has 0 aliphatic heterocycles. The molecule has 8 heavy (non-hydrogen) atoms. The molecule has 0 fully saturated rings. The van der Waals surface area contributed by atoms with Crippen molar-refractivity contribution in [2.75, 3.05) is 0 Å². The highest BCUT2D eigenvalue weighted by Crippen LogP contribution is 2.15. The van der Waals surface area contributed by atoms with Gasteiger partial charge in [0.1, 0.15) is 6.04 Å². The lowest BCUT2D eigenvalue weighted by atomic mass is 9.88. The van der Waals surface area contributed by atoms with Gasteiger partial charge in [-0.25, -0.2) is 0 Å². The average Bonchev–Trinajstić information content (AvgIpc) is 1.62. The number of rotatable bonds is 1. The maximum Gasteiger partial charge on any atom is 0.108 e. The van der Waals surface area contributed by atoms with Gasteiger partial charge in [0.05, 0.1) is 0 Å². The van der Waals surface area contributed by atoms with Crippen molar-refractivity contribution >= 4 is 0 Å². The molecule has 0 amide bonds. The van der Waals surface area contributed by atoms with Gasteiger partial charge in [-0.05, 0) is 6.08 Å². The van der Waals surface area contributed by atoms with E-state index in [2.05, 4.69) is 33.1 Å². The van der Waals surface area contributed by atoms with Crippen LogP contribution in [0.25, 0.3) is 0 Å². The number of hydrogen-bond donors (Lipinski definition) is 1. The molecule has 0 aromatic rings. The molecule has 1 unspecified atom stereocenters. The fourth-order valence-corrected chi connectivity index (χ4v) is 0.354. The topological polar surface area (TPSA) is 27.6 Å². The highest BCUT2D eigenvalue weighted by Gasteiger charge is 2.19. The molecule has 0 aliphatic rings. The fraction of sp³-hybridized carbons (Fsp3) is 0.714. The molecule has 1 nitrogen and oxygen atoms in total. The van der Waals surface area contributed by atoms with E-state index >= 15 is 0 Å². The Morgan fingerprint density at radius 2 is 1.88 bits per heavy atom. The van der Waals surface area contributed by atoms with Crippen molar-refractivity contribution in [2.45, 2.75) is 26.8 Å². The molecular weight excluding hydrogens is 98.1 g/mol. The lowest BCUT2D eigenvalue weighted by molar-refractivity contribution is -0.425. The monoisotopic (exact) mass is 114 g/mol. The van der Waals surface area contributed by atoms with E-state index in [1.165, 1.54) is 0 Å². The van der Waals surface area contributed by atoms with Crippen molar-refractivity contribution in [1.82, 2.24) is 0 Å². The molecule has 0 rings (SSSR count). The predicted octanol–water partition coefficient (Wildman–Crippen LogP) is 0.829. The van der Waals surface area contributed by atoms with E-state index in [9.17, 15) is 0 Å². The summed E-state index contributed by atoms with van der Waals surface area (Å²) in [6.45, 7) is 10.1. The third kappa shape index (κ3) is 2.12. The van der Waals surface area contributed by atoms with Crippen molar-refractivity contribution < 1.29 is 5.73 Å². The quantitative estimate of drug-likeness (QED) is 0.489. The molecular formula is C7H16N+. The Morgan fingerprint density at radius 3 is 1.88 bits per heavy atom. The number of hydrogen-bond acceptors (Lipinski definition) is 0. The molecule has 1 heteroatoms. The second kappa shape index (κ2) is 2.31. The molecule has 0 aromatic carbocycles. The van der Waals surface area contributed by atoms with Crippen LogP contribution in [0.2, 0.25) is 0 Å². The van der Waals surface area contributed by atoms with Crippen LogP contribution in [-0.2, 0) is 0 Å². The van der Waals surface area contributed by atoms with Crippen molar-refractivity contribution in [2.24, 2.45) is 5.41 Å². The van der Waals surface area contributed by atoms with Crippen LogP contribution >= 0.6 is 0 Å². The Labute approximate surface area is 51.6 Å². The van der Waals surface area contributed by atoms with E-state index in [4.69, 9.17) is 0 Å². The van der Waals surface area contributed by atoms with Gasteiger partial charge in [-0.2, -0.15) is 0 Å². The summed E-state index contributed by atoms with van der Waals surface area (Å²) in [7, 11) is 0. The van der Waals surface area contributed by atoms with Gasteiger partial charge >= 0.3 is 0 Å². The van der Waals surface area contributed by atoms with Crippen molar-refractivity contribution in [3.8, 4) is 0 Å². The van der Waals surface area contributed by atoms with Crippen LogP contribution in [0.4, 0.5) is 0 Å². The molecule has 0 heterocycles.